The van der Waals surface area contributed by atoms with Crippen LogP contribution in [-0.2, 0) is 0 Å². The van der Waals surface area contributed by atoms with Gasteiger partial charge in [0, 0.05) is 6.04 Å². The maximum Gasteiger partial charge on any atom is 0.573 e. The first-order valence-corrected chi connectivity index (χ1v) is 5.52. The summed E-state index contributed by atoms with van der Waals surface area (Å²) in [7, 11) is 0. The molecular weight excluding hydrogens is 267 g/mol. The molecule has 1 atom stereocenters. The average molecular weight is 280 g/mol. The highest BCUT2D eigenvalue weighted by Gasteiger charge is 2.32. The third-order valence-electron chi connectivity index (χ3n) is 2.18. The summed E-state index contributed by atoms with van der Waals surface area (Å²) in [5, 5.41) is -0.123. The summed E-state index contributed by atoms with van der Waals surface area (Å²) in [5.74, 6) is -0.435. The summed E-state index contributed by atoms with van der Waals surface area (Å²) in [6.45, 7) is 5.54. The zero-order valence-electron chi connectivity index (χ0n) is 9.72. The molecule has 0 heterocycles. The highest BCUT2D eigenvalue weighted by Crippen LogP contribution is 2.32. The highest BCUT2D eigenvalue weighted by atomic mass is 35.5. The van der Waals surface area contributed by atoms with Crippen LogP contribution < -0.4 is 10.5 Å². The minimum absolute atomic E-state index is 0.123. The van der Waals surface area contributed by atoms with Gasteiger partial charge in [0.1, 0.15) is 5.75 Å². The van der Waals surface area contributed by atoms with Crippen molar-refractivity contribution in [2.75, 3.05) is 0 Å². The van der Waals surface area contributed by atoms with Gasteiger partial charge < -0.3 is 10.5 Å². The van der Waals surface area contributed by atoms with E-state index in [1.807, 2.05) is 6.92 Å². The molecule has 0 bridgehead atoms. The van der Waals surface area contributed by atoms with Crippen molar-refractivity contribution in [1.82, 2.24) is 0 Å². The Balaban J connectivity index is 2.88. The van der Waals surface area contributed by atoms with Crippen LogP contribution in [0.3, 0.4) is 0 Å². The van der Waals surface area contributed by atoms with Crippen LogP contribution in [0, 0.1) is 0 Å². The molecule has 0 unspecified atom stereocenters. The van der Waals surface area contributed by atoms with Crippen molar-refractivity contribution in [3.8, 4) is 5.75 Å². The molecule has 0 saturated heterocycles. The van der Waals surface area contributed by atoms with Crippen LogP contribution in [0.15, 0.2) is 30.4 Å². The summed E-state index contributed by atoms with van der Waals surface area (Å²) < 4.78 is 39.9. The van der Waals surface area contributed by atoms with Crippen molar-refractivity contribution < 1.29 is 17.9 Å². The molecule has 1 rings (SSSR count). The molecule has 0 amide bonds. The number of hydrogen-bond acceptors (Lipinski definition) is 2. The van der Waals surface area contributed by atoms with Crippen molar-refractivity contribution in [3.63, 3.8) is 0 Å². The van der Waals surface area contributed by atoms with Crippen LogP contribution in [0.25, 0.3) is 0 Å². The molecule has 0 spiro atoms. The van der Waals surface area contributed by atoms with Crippen LogP contribution >= 0.6 is 11.6 Å². The number of nitrogens with two attached hydrogens (primary N) is 1. The lowest BCUT2D eigenvalue weighted by Gasteiger charge is -2.15. The summed E-state index contributed by atoms with van der Waals surface area (Å²) in [6.07, 6.45) is -4.22. The van der Waals surface area contributed by atoms with Crippen molar-refractivity contribution in [2.24, 2.45) is 5.73 Å². The minimum Gasteiger partial charge on any atom is -0.404 e. The Morgan fingerprint density at radius 2 is 2.11 bits per heavy atom. The van der Waals surface area contributed by atoms with Gasteiger partial charge in [-0.25, -0.2) is 0 Å². The molecule has 0 aliphatic rings. The molecule has 1 aromatic rings. The molecule has 6 heteroatoms. The van der Waals surface area contributed by atoms with Gasteiger partial charge in [0.25, 0.3) is 0 Å². The van der Waals surface area contributed by atoms with E-state index in [9.17, 15) is 13.2 Å². The van der Waals surface area contributed by atoms with Crippen molar-refractivity contribution in [3.05, 3.63) is 40.9 Å². The molecule has 18 heavy (non-hydrogen) atoms. The van der Waals surface area contributed by atoms with Gasteiger partial charge in [-0.1, -0.05) is 23.2 Å². The monoisotopic (exact) mass is 279 g/mol. The van der Waals surface area contributed by atoms with Crippen molar-refractivity contribution in [1.29, 1.82) is 0 Å². The predicted molar refractivity (Wildman–Crippen MR) is 64.5 cm³/mol. The Bertz CT molecular complexity index is 445. The smallest absolute Gasteiger partial charge is 0.404 e. The van der Waals surface area contributed by atoms with Gasteiger partial charge in [0.05, 0.1) is 5.02 Å². The van der Waals surface area contributed by atoms with E-state index >= 15 is 0 Å². The molecule has 0 aliphatic carbocycles. The van der Waals surface area contributed by atoms with Crippen molar-refractivity contribution >= 4 is 11.6 Å². The van der Waals surface area contributed by atoms with E-state index in [0.717, 1.165) is 11.6 Å². The standard InChI is InChI=1S/C12H13ClF3NO/c1-7(2)5-10(17)8-3-4-11(9(13)6-8)18-12(14,15)16/h3-4,6,10H,1,5,17H2,2H3/t10-/m1/s1. The molecule has 0 fully saturated rings. The van der Waals surface area contributed by atoms with Crippen LogP contribution in [0.2, 0.25) is 5.02 Å². The number of ether oxygens (including phenoxy) is 1. The third kappa shape index (κ3) is 4.58. The van der Waals surface area contributed by atoms with Gasteiger partial charge in [-0.3, -0.25) is 0 Å². The first kappa shape index (κ1) is 14.9. The Morgan fingerprint density at radius 3 is 2.56 bits per heavy atom. The second-order valence-electron chi connectivity index (χ2n) is 4.01. The molecule has 1 aromatic carbocycles. The van der Waals surface area contributed by atoms with Crippen molar-refractivity contribution in [2.45, 2.75) is 25.7 Å². The second-order valence-corrected chi connectivity index (χ2v) is 4.41. The number of hydrogen-bond donors (Lipinski definition) is 1. The van der Waals surface area contributed by atoms with Gasteiger partial charge in [0.2, 0.25) is 0 Å². The van der Waals surface area contributed by atoms with E-state index < -0.39 is 12.1 Å². The average Bonchev–Trinajstić information content (AvgIpc) is 2.18. The molecule has 0 aromatic heterocycles. The molecule has 2 nitrogen and oxygen atoms in total. The fourth-order valence-corrected chi connectivity index (χ4v) is 1.68. The summed E-state index contributed by atoms with van der Waals surface area (Å²) in [6, 6.07) is 3.64. The second kappa shape index (κ2) is 5.63. The van der Waals surface area contributed by atoms with E-state index in [4.69, 9.17) is 17.3 Å². The fraction of sp³-hybridized carbons (Fsp3) is 0.333. The van der Waals surface area contributed by atoms with Gasteiger partial charge in [-0.05, 0) is 31.0 Å². The van der Waals surface area contributed by atoms with Gasteiger partial charge in [-0.2, -0.15) is 0 Å². The normalized spacial score (nSPS) is 13.2. The first-order chi connectivity index (χ1) is 8.19. The summed E-state index contributed by atoms with van der Waals surface area (Å²) in [4.78, 5) is 0. The largest absolute Gasteiger partial charge is 0.573 e. The first-order valence-electron chi connectivity index (χ1n) is 5.14. The summed E-state index contributed by atoms with van der Waals surface area (Å²) >= 11 is 5.71. The van der Waals surface area contributed by atoms with E-state index in [-0.39, 0.29) is 11.1 Å². The van der Waals surface area contributed by atoms with Gasteiger partial charge >= 0.3 is 6.36 Å². The quantitative estimate of drug-likeness (QED) is 0.838. The van der Waals surface area contributed by atoms with Gasteiger partial charge in [0.15, 0.2) is 0 Å². The Morgan fingerprint density at radius 1 is 1.50 bits per heavy atom. The molecule has 2 N–H and O–H groups in total. The SMILES string of the molecule is C=C(C)C[C@@H](N)c1ccc(OC(F)(F)F)c(Cl)c1. The van der Waals surface area contributed by atoms with E-state index in [1.165, 1.54) is 12.1 Å². The van der Waals surface area contributed by atoms with E-state index in [2.05, 4.69) is 11.3 Å². The van der Waals surface area contributed by atoms with Crippen LogP contribution in [-0.4, -0.2) is 6.36 Å². The van der Waals surface area contributed by atoms with Crippen LogP contribution in [0.5, 0.6) is 5.75 Å². The zero-order valence-corrected chi connectivity index (χ0v) is 10.5. The van der Waals surface area contributed by atoms with Crippen LogP contribution in [0.4, 0.5) is 13.2 Å². The maximum atomic E-state index is 12.0. The highest BCUT2D eigenvalue weighted by molar-refractivity contribution is 6.32. The third-order valence-corrected chi connectivity index (χ3v) is 2.47. The maximum absolute atomic E-state index is 12.0. The number of benzene rings is 1. The molecule has 0 aliphatic heterocycles. The fourth-order valence-electron chi connectivity index (χ4n) is 1.45. The van der Waals surface area contributed by atoms with Gasteiger partial charge in [-0.15, -0.1) is 19.8 Å². The number of halogens is 4. The predicted octanol–water partition coefficient (Wildman–Crippen LogP) is 4.20. The van der Waals surface area contributed by atoms with E-state index in [0.29, 0.717) is 12.0 Å². The lowest BCUT2D eigenvalue weighted by atomic mass is 10.0. The minimum atomic E-state index is -4.76. The Hall–Kier alpha value is -1.20. The molecule has 100 valence electrons. The van der Waals surface area contributed by atoms with E-state index in [1.54, 1.807) is 0 Å². The number of rotatable bonds is 4. The zero-order chi connectivity index (χ0) is 13.9. The topological polar surface area (TPSA) is 35.2 Å². The Labute approximate surface area is 108 Å². The Kier molecular flexibility index (Phi) is 4.65. The lowest BCUT2D eigenvalue weighted by molar-refractivity contribution is -0.274. The van der Waals surface area contributed by atoms with Crippen LogP contribution in [0.1, 0.15) is 24.9 Å². The number of alkyl halides is 3. The molecule has 0 radical (unpaired) electrons. The summed E-state index contributed by atoms with van der Waals surface area (Å²) in [5.41, 5.74) is 7.38. The molecular formula is C12H13ClF3NO. The lowest BCUT2D eigenvalue weighted by Crippen LogP contribution is -2.17. The molecule has 0 saturated carbocycles.